The molecule has 3 rings (SSSR count). The molecule has 206 valence electrons. The fourth-order valence-corrected chi connectivity index (χ4v) is 4.47. The molecule has 0 spiro atoms. The number of aliphatic imine (C=N–C) groups is 1. The van der Waals surface area contributed by atoms with Crippen molar-refractivity contribution in [2.24, 2.45) is 16.6 Å². The number of fused-ring (bicyclic) bond motifs is 1. The first-order valence-electron chi connectivity index (χ1n) is 13.5. The molecule has 0 aromatic heterocycles. The minimum Gasteiger partial charge on any atom is -0.481 e. The number of amides is 2. The Morgan fingerprint density at radius 3 is 2.54 bits per heavy atom. The van der Waals surface area contributed by atoms with E-state index in [1.807, 2.05) is 52.8 Å². The number of nitrogens with one attached hydrogen (secondary N) is 2. The highest BCUT2D eigenvalue weighted by Crippen LogP contribution is 2.36. The molecule has 2 atom stereocenters. The van der Waals surface area contributed by atoms with E-state index < -0.39 is 23.4 Å². The lowest BCUT2D eigenvalue weighted by Gasteiger charge is -2.31. The molecule has 1 saturated carbocycles. The van der Waals surface area contributed by atoms with E-state index in [0.29, 0.717) is 23.7 Å². The Balaban J connectivity index is 1.48. The second-order valence-electron chi connectivity index (χ2n) is 11.6. The molecular weight excluding hydrogens is 472 g/mol. The number of alkyl carbamates (subject to hydrolysis) is 2. The van der Waals surface area contributed by atoms with Crippen LogP contribution in [0.15, 0.2) is 23.2 Å². The van der Waals surface area contributed by atoms with E-state index in [0.717, 1.165) is 37.2 Å². The summed E-state index contributed by atoms with van der Waals surface area (Å²) in [7, 11) is 0. The maximum Gasteiger partial charge on any atom is 0.407 e. The average molecular weight is 517 g/mol. The number of amidine groups is 1. The van der Waals surface area contributed by atoms with Crippen molar-refractivity contribution in [3.8, 4) is 5.75 Å². The molecular formula is C28H44N4O5. The van der Waals surface area contributed by atoms with E-state index in [2.05, 4.69) is 22.5 Å². The summed E-state index contributed by atoms with van der Waals surface area (Å²) < 4.78 is 17.2. The number of ether oxygens (including phenoxy) is 3. The van der Waals surface area contributed by atoms with Crippen molar-refractivity contribution in [3.63, 3.8) is 0 Å². The monoisotopic (exact) mass is 516 g/mol. The molecule has 1 aliphatic heterocycles. The zero-order valence-corrected chi connectivity index (χ0v) is 23.2. The molecule has 1 aromatic rings. The van der Waals surface area contributed by atoms with E-state index >= 15 is 0 Å². The summed E-state index contributed by atoms with van der Waals surface area (Å²) in [6.07, 6.45) is 5.40. The van der Waals surface area contributed by atoms with Gasteiger partial charge in [0.05, 0.1) is 0 Å². The molecule has 1 fully saturated rings. The molecule has 0 bridgehead atoms. The third-order valence-electron chi connectivity index (χ3n) is 6.72. The number of carbonyl (C=O) groups is 2. The van der Waals surface area contributed by atoms with Crippen molar-refractivity contribution in [2.45, 2.75) is 116 Å². The lowest BCUT2D eigenvalue weighted by atomic mass is 9.96. The zero-order valence-electron chi connectivity index (χ0n) is 23.2. The van der Waals surface area contributed by atoms with Crippen LogP contribution in [-0.2, 0) is 16.0 Å². The van der Waals surface area contributed by atoms with Gasteiger partial charge in [-0.2, -0.15) is 0 Å². The first kappa shape index (κ1) is 28.6. The summed E-state index contributed by atoms with van der Waals surface area (Å²) in [6, 6.07) is 5.35. The molecule has 2 unspecified atom stereocenters. The largest absolute Gasteiger partial charge is 0.481 e. The molecule has 9 heteroatoms. The molecule has 1 heterocycles. The van der Waals surface area contributed by atoms with Gasteiger partial charge in [-0.25, -0.2) is 14.6 Å². The van der Waals surface area contributed by atoms with E-state index in [4.69, 9.17) is 19.9 Å². The third-order valence-corrected chi connectivity index (χ3v) is 6.72. The lowest BCUT2D eigenvalue weighted by molar-refractivity contribution is 0.0145. The molecule has 4 N–H and O–H groups in total. The summed E-state index contributed by atoms with van der Waals surface area (Å²) in [5.74, 6) is 1.87. The van der Waals surface area contributed by atoms with Crippen LogP contribution in [0.1, 0.15) is 92.1 Å². The van der Waals surface area contributed by atoms with Crippen LogP contribution >= 0.6 is 0 Å². The normalized spacial score (nSPS) is 18.1. The molecule has 9 nitrogen and oxygen atoms in total. The van der Waals surface area contributed by atoms with E-state index in [9.17, 15) is 9.59 Å². The van der Waals surface area contributed by atoms with Gasteiger partial charge in [0.15, 0.2) is 6.10 Å². The highest BCUT2D eigenvalue weighted by molar-refractivity contribution is 5.89. The van der Waals surface area contributed by atoms with E-state index in [-0.39, 0.29) is 18.7 Å². The Morgan fingerprint density at radius 1 is 1.16 bits per heavy atom. The number of hydrogen-bond donors (Lipinski definition) is 3. The van der Waals surface area contributed by atoms with Crippen molar-refractivity contribution in [3.05, 3.63) is 23.8 Å². The topological polar surface area (TPSA) is 124 Å². The predicted molar refractivity (Wildman–Crippen MR) is 144 cm³/mol. The van der Waals surface area contributed by atoms with Crippen LogP contribution in [0.4, 0.5) is 15.3 Å². The Labute approximate surface area is 220 Å². The quantitative estimate of drug-likeness (QED) is 0.327. The van der Waals surface area contributed by atoms with Gasteiger partial charge < -0.3 is 30.6 Å². The van der Waals surface area contributed by atoms with Crippen molar-refractivity contribution < 1.29 is 23.8 Å². The molecule has 1 aromatic carbocycles. The van der Waals surface area contributed by atoms with Crippen LogP contribution in [-0.4, -0.2) is 41.4 Å². The van der Waals surface area contributed by atoms with Crippen LogP contribution in [0.2, 0.25) is 0 Å². The van der Waals surface area contributed by atoms with Gasteiger partial charge in [-0.1, -0.05) is 32.3 Å². The molecule has 0 radical (unpaired) electrons. The van der Waals surface area contributed by atoms with Crippen LogP contribution in [0.5, 0.6) is 5.75 Å². The summed E-state index contributed by atoms with van der Waals surface area (Å²) in [6.45, 7) is 11.8. The third kappa shape index (κ3) is 9.44. The number of benzene rings is 1. The Morgan fingerprint density at radius 2 is 1.86 bits per heavy atom. The van der Waals surface area contributed by atoms with Crippen LogP contribution in [0.3, 0.4) is 0 Å². The fraction of sp³-hybridized carbons (Fsp3) is 0.679. The van der Waals surface area contributed by atoms with Gasteiger partial charge >= 0.3 is 12.2 Å². The first-order valence-corrected chi connectivity index (χ1v) is 13.5. The second kappa shape index (κ2) is 12.0. The van der Waals surface area contributed by atoms with Crippen molar-refractivity contribution in [1.29, 1.82) is 0 Å². The summed E-state index contributed by atoms with van der Waals surface area (Å²) in [5, 5.41) is 5.79. The Hall–Kier alpha value is -2.97. The van der Waals surface area contributed by atoms with E-state index in [1.165, 1.54) is 12.8 Å². The van der Waals surface area contributed by atoms with Crippen molar-refractivity contribution >= 4 is 23.7 Å². The van der Waals surface area contributed by atoms with Crippen molar-refractivity contribution in [2.75, 3.05) is 0 Å². The Bertz CT molecular complexity index is 987. The molecule has 2 amide bonds. The fourth-order valence-electron chi connectivity index (χ4n) is 4.47. The molecule has 0 saturated heterocycles. The summed E-state index contributed by atoms with van der Waals surface area (Å²) >= 11 is 0. The van der Waals surface area contributed by atoms with Gasteiger partial charge in [-0.3, -0.25) is 0 Å². The van der Waals surface area contributed by atoms with Gasteiger partial charge in [0.2, 0.25) is 0 Å². The summed E-state index contributed by atoms with van der Waals surface area (Å²) in [5.41, 5.74) is 6.07. The van der Waals surface area contributed by atoms with Crippen LogP contribution < -0.4 is 21.1 Å². The second-order valence-corrected chi connectivity index (χ2v) is 11.6. The highest BCUT2D eigenvalue weighted by atomic mass is 16.6. The lowest BCUT2D eigenvalue weighted by Crippen LogP contribution is -2.45. The number of nitrogens with two attached hydrogens (primary N) is 1. The SMILES string of the molecule is CCCC(CC(C)(C)OC(=O)NCc1ccc2c(c1)N=C(N)C(C)O2)NC(=O)OC(C)(C)CCC1CC1. The van der Waals surface area contributed by atoms with Crippen LogP contribution in [0.25, 0.3) is 0 Å². The number of nitrogens with zero attached hydrogens (tertiary/aromatic N) is 1. The standard InChI is InChI=1S/C28H44N4O5/c1-7-8-21(31-26(34)37-27(3,4)14-13-19-9-10-19)16-28(5,6)36-25(33)30-17-20-11-12-23-22(15-20)32-24(29)18(2)35-23/h11-12,15,18-19,21H,7-10,13-14,16-17H2,1-6H3,(H2,29,32)(H,30,33)(H,31,34). The van der Waals surface area contributed by atoms with Gasteiger partial charge in [-0.15, -0.1) is 0 Å². The first-order chi connectivity index (χ1) is 17.4. The maximum absolute atomic E-state index is 12.6. The number of carbonyl (C=O) groups excluding carboxylic acids is 2. The summed E-state index contributed by atoms with van der Waals surface area (Å²) in [4.78, 5) is 29.6. The molecule has 37 heavy (non-hydrogen) atoms. The van der Waals surface area contributed by atoms with E-state index in [1.54, 1.807) is 0 Å². The predicted octanol–water partition coefficient (Wildman–Crippen LogP) is 5.71. The van der Waals surface area contributed by atoms with Crippen LogP contribution in [0, 0.1) is 5.92 Å². The average Bonchev–Trinajstić information content (AvgIpc) is 3.61. The smallest absolute Gasteiger partial charge is 0.407 e. The van der Waals surface area contributed by atoms with Gasteiger partial charge in [0.25, 0.3) is 0 Å². The van der Waals surface area contributed by atoms with Gasteiger partial charge in [0, 0.05) is 19.0 Å². The van der Waals surface area contributed by atoms with Crippen molar-refractivity contribution in [1.82, 2.24) is 10.6 Å². The molecule has 1 aliphatic carbocycles. The highest BCUT2D eigenvalue weighted by Gasteiger charge is 2.31. The van der Waals surface area contributed by atoms with Gasteiger partial charge in [-0.05, 0) is 77.5 Å². The number of hydrogen-bond acceptors (Lipinski definition) is 7. The maximum atomic E-state index is 12.6. The Kier molecular flexibility index (Phi) is 9.31. The minimum atomic E-state index is -0.794. The minimum absolute atomic E-state index is 0.175. The molecule has 2 aliphatic rings. The van der Waals surface area contributed by atoms with Gasteiger partial charge in [0.1, 0.15) is 28.5 Å². The zero-order chi connectivity index (χ0) is 27.2. The number of rotatable bonds is 12.